The first-order chi connectivity index (χ1) is 7.86. The van der Waals surface area contributed by atoms with Crippen molar-refractivity contribution in [3.63, 3.8) is 0 Å². The molecule has 0 aromatic carbocycles. The minimum Gasteiger partial charge on any atom is -0.263 e. The first-order valence-electron chi connectivity index (χ1n) is 5.41. The van der Waals surface area contributed by atoms with Crippen LogP contribution in [0.3, 0.4) is 0 Å². The van der Waals surface area contributed by atoms with Crippen LogP contribution < -0.4 is 0 Å². The fourth-order valence-corrected chi connectivity index (χ4v) is 4.95. The van der Waals surface area contributed by atoms with Gasteiger partial charge in [0.15, 0.2) is 0 Å². The van der Waals surface area contributed by atoms with Crippen molar-refractivity contribution >= 4 is 21.8 Å². The Balaban J connectivity index is 2.36. The van der Waals surface area contributed by atoms with Gasteiger partial charge in [-0.1, -0.05) is 0 Å². The lowest BCUT2D eigenvalue weighted by Gasteiger charge is -2.27. The number of thioether (sulfide) groups is 1. The number of nitrogens with zero attached hydrogens (tertiary/aromatic N) is 2. The lowest BCUT2D eigenvalue weighted by Crippen LogP contribution is -2.41. The molecular formula is C11H16N2O2S2. The van der Waals surface area contributed by atoms with Crippen LogP contribution in [0.1, 0.15) is 20.8 Å². The zero-order chi connectivity index (χ0) is 12.7. The van der Waals surface area contributed by atoms with Crippen LogP contribution in [-0.2, 0) is 10.0 Å². The number of sulfonamides is 1. The van der Waals surface area contributed by atoms with Gasteiger partial charge in [0.05, 0.1) is 5.88 Å². The van der Waals surface area contributed by atoms with Crippen molar-refractivity contribution in [3.05, 3.63) is 24.5 Å². The molecule has 1 fully saturated rings. The molecule has 1 aromatic heterocycles. The first kappa shape index (κ1) is 12.9. The third-order valence-corrected chi connectivity index (χ3v) is 6.80. The largest absolute Gasteiger partial charge is 0.263 e. The van der Waals surface area contributed by atoms with Gasteiger partial charge < -0.3 is 0 Å². The average Bonchev–Trinajstić information content (AvgIpc) is 2.56. The summed E-state index contributed by atoms with van der Waals surface area (Å²) in [6, 6.07) is 3.22. The van der Waals surface area contributed by atoms with Crippen molar-refractivity contribution in [3.8, 4) is 0 Å². The Kier molecular flexibility index (Phi) is 3.22. The highest BCUT2D eigenvalue weighted by atomic mass is 32.2. The predicted octanol–water partition coefficient (Wildman–Crippen LogP) is 1.94. The van der Waals surface area contributed by atoms with Crippen LogP contribution in [0.2, 0.25) is 0 Å². The van der Waals surface area contributed by atoms with E-state index in [1.165, 1.54) is 6.20 Å². The van der Waals surface area contributed by atoms with E-state index in [1.54, 1.807) is 34.4 Å². The average molecular weight is 272 g/mol. The SMILES string of the molecule is C[C@H]1N(S(=O)(=O)c2cccnc2)CSC1(C)C. The minimum atomic E-state index is -3.41. The lowest BCUT2D eigenvalue weighted by molar-refractivity contribution is 0.355. The van der Waals surface area contributed by atoms with Gasteiger partial charge in [0.25, 0.3) is 0 Å². The molecule has 0 amide bonds. The van der Waals surface area contributed by atoms with E-state index >= 15 is 0 Å². The van der Waals surface area contributed by atoms with E-state index < -0.39 is 10.0 Å². The fourth-order valence-electron chi connectivity index (χ4n) is 1.72. The van der Waals surface area contributed by atoms with Gasteiger partial charge in [0, 0.05) is 23.2 Å². The van der Waals surface area contributed by atoms with Crippen molar-refractivity contribution in [2.45, 2.75) is 36.5 Å². The second-order valence-corrected chi connectivity index (χ2v) is 8.12. The Labute approximate surface area is 106 Å². The van der Waals surface area contributed by atoms with Gasteiger partial charge >= 0.3 is 0 Å². The maximum Gasteiger partial charge on any atom is 0.245 e. The second-order valence-electron chi connectivity index (χ2n) is 4.63. The van der Waals surface area contributed by atoms with Crippen LogP contribution in [0.15, 0.2) is 29.4 Å². The molecule has 2 rings (SSSR count). The quantitative estimate of drug-likeness (QED) is 0.825. The molecule has 0 spiro atoms. The van der Waals surface area contributed by atoms with Crippen molar-refractivity contribution < 1.29 is 8.42 Å². The van der Waals surface area contributed by atoms with Gasteiger partial charge in [-0.25, -0.2) is 8.42 Å². The molecule has 4 nitrogen and oxygen atoms in total. The highest BCUT2D eigenvalue weighted by Gasteiger charge is 2.44. The van der Waals surface area contributed by atoms with Gasteiger partial charge in [-0.15, -0.1) is 11.8 Å². The summed E-state index contributed by atoms with van der Waals surface area (Å²) in [6.07, 6.45) is 2.98. The second kappa shape index (κ2) is 4.26. The Morgan fingerprint density at radius 2 is 2.24 bits per heavy atom. The van der Waals surface area contributed by atoms with E-state index in [9.17, 15) is 8.42 Å². The Morgan fingerprint density at radius 1 is 1.53 bits per heavy atom. The van der Waals surface area contributed by atoms with Crippen molar-refractivity contribution in [1.29, 1.82) is 0 Å². The number of hydrogen-bond acceptors (Lipinski definition) is 4. The Morgan fingerprint density at radius 3 is 2.71 bits per heavy atom. The normalized spacial score (nSPS) is 25.0. The van der Waals surface area contributed by atoms with Gasteiger partial charge in [0.2, 0.25) is 10.0 Å². The predicted molar refractivity (Wildman–Crippen MR) is 69.3 cm³/mol. The van der Waals surface area contributed by atoms with Crippen molar-refractivity contribution in [1.82, 2.24) is 9.29 Å². The maximum absolute atomic E-state index is 12.4. The zero-order valence-corrected chi connectivity index (χ0v) is 11.8. The van der Waals surface area contributed by atoms with Crippen LogP contribution in [0, 0.1) is 0 Å². The van der Waals surface area contributed by atoms with Gasteiger partial charge in [0.1, 0.15) is 4.90 Å². The van der Waals surface area contributed by atoms with Gasteiger partial charge in [-0.3, -0.25) is 4.98 Å². The number of aromatic nitrogens is 1. The molecule has 1 saturated heterocycles. The molecule has 0 bridgehead atoms. The van der Waals surface area contributed by atoms with Crippen molar-refractivity contribution in [2.75, 3.05) is 5.88 Å². The van der Waals surface area contributed by atoms with E-state index in [0.29, 0.717) is 5.88 Å². The highest BCUT2D eigenvalue weighted by Crippen LogP contribution is 2.41. The number of hydrogen-bond donors (Lipinski definition) is 0. The summed E-state index contributed by atoms with van der Waals surface area (Å²) in [4.78, 5) is 4.14. The number of pyridine rings is 1. The summed E-state index contributed by atoms with van der Waals surface area (Å²) in [5.74, 6) is 0.505. The Hall–Kier alpha value is -0.590. The fraction of sp³-hybridized carbons (Fsp3) is 0.545. The van der Waals surface area contributed by atoms with E-state index in [0.717, 1.165) is 0 Å². The van der Waals surface area contributed by atoms with Crippen LogP contribution >= 0.6 is 11.8 Å². The summed E-state index contributed by atoms with van der Waals surface area (Å²) in [6.45, 7) is 6.09. The molecule has 0 saturated carbocycles. The zero-order valence-electron chi connectivity index (χ0n) is 10.1. The molecule has 0 N–H and O–H groups in total. The molecular weight excluding hydrogens is 256 g/mol. The maximum atomic E-state index is 12.4. The van der Waals surface area contributed by atoms with E-state index in [-0.39, 0.29) is 15.7 Å². The topological polar surface area (TPSA) is 50.3 Å². The van der Waals surface area contributed by atoms with Crippen LogP contribution in [0.25, 0.3) is 0 Å². The smallest absolute Gasteiger partial charge is 0.245 e. The van der Waals surface area contributed by atoms with E-state index in [2.05, 4.69) is 18.8 Å². The van der Waals surface area contributed by atoms with Gasteiger partial charge in [-0.05, 0) is 32.9 Å². The third kappa shape index (κ3) is 2.21. The monoisotopic (exact) mass is 272 g/mol. The molecule has 94 valence electrons. The minimum absolute atomic E-state index is 0.0160. The molecule has 0 unspecified atom stereocenters. The third-order valence-electron chi connectivity index (χ3n) is 3.24. The van der Waals surface area contributed by atoms with Crippen LogP contribution in [0.4, 0.5) is 0 Å². The lowest BCUT2D eigenvalue weighted by atomic mass is 10.1. The molecule has 1 aliphatic heterocycles. The van der Waals surface area contributed by atoms with E-state index in [1.807, 2.05) is 6.92 Å². The molecule has 1 aromatic rings. The molecule has 0 radical (unpaired) electrons. The highest BCUT2D eigenvalue weighted by molar-refractivity contribution is 8.02. The Bertz CT molecular complexity index is 499. The van der Waals surface area contributed by atoms with Crippen LogP contribution in [-0.4, -0.2) is 34.4 Å². The molecule has 6 heteroatoms. The van der Waals surface area contributed by atoms with E-state index in [4.69, 9.17) is 0 Å². The summed E-state index contributed by atoms with van der Waals surface area (Å²) >= 11 is 1.66. The summed E-state index contributed by atoms with van der Waals surface area (Å²) < 4.78 is 26.3. The number of rotatable bonds is 2. The summed E-state index contributed by atoms with van der Waals surface area (Å²) in [5.41, 5.74) is 0. The van der Waals surface area contributed by atoms with Crippen LogP contribution in [0.5, 0.6) is 0 Å². The molecule has 0 aliphatic carbocycles. The van der Waals surface area contributed by atoms with Crippen molar-refractivity contribution in [2.24, 2.45) is 0 Å². The molecule has 2 heterocycles. The summed E-state index contributed by atoms with van der Waals surface area (Å²) in [7, 11) is -3.41. The molecule has 17 heavy (non-hydrogen) atoms. The first-order valence-corrected chi connectivity index (χ1v) is 7.84. The molecule has 1 aliphatic rings. The standard InChI is InChI=1S/C11H16N2O2S2/c1-9-11(2,3)16-8-13(9)17(14,15)10-5-4-6-12-7-10/h4-7,9H,8H2,1-3H3/t9-/m1/s1. The van der Waals surface area contributed by atoms with Gasteiger partial charge in [-0.2, -0.15) is 4.31 Å². The molecule has 1 atom stereocenters. The summed E-state index contributed by atoms with van der Waals surface area (Å²) in [5, 5.41) is 0.